The fraction of sp³-hybridized carbons (Fsp3) is 0.407. The Hall–Kier alpha value is -3.69. The van der Waals surface area contributed by atoms with Gasteiger partial charge in [-0.2, -0.15) is 23.0 Å². The molecule has 1 aliphatic rings. The molecular formula is C27H30F3N3O4. The van der Waals surface area contributed by atoms with Crippen LogP contribution < -0.4 is 5.32 Å². The van der Waals surface area contributed by atoms with Gasteiger partial charge >= 0.3 is 12.1 Å². The lowest BCUT2D eigenvalue weighted by Crippen LogP contribution is -2.28. The van der Waals surface area contributed by atoms with Crippen LogP contribution >= 0.6 is 0 Å². The third kappa shape index (κ3) is 5.23. The van der Waals surface area contributed by atoms with E-state index in [4.69, 9.17) is 0 Å². The van der Waals surface area contributed by atoms with E-state index >= 15 is 0 Å². The second-order valence-electron chi connectivity index (χ2n) is 9.77. The van der Waals surface area contributed by atoms with Crippen molar-refractivity contribution in [2.45, 2.75) is 64.6 Å². The maximum atomic E-state index is 14.3. The molecule has 4 rings (SSSR count). The topological polar surface area (TPSA) is 108 Å². The molecule has 0 aliphatic heterocycles. The molecular weight excluding hydrogens is 487 g/mol. The molecule has 198 valence electrons. The van der Waals surface area contributed by atoms with Gasteiger partial charge < -0.3 is 20.6 Å². The summed E-state index contributed by atoms with van der Waals surface area (Å²) in [4.78, 5) is 11.5. The van der Waals surface area contributed by atoms with Crippen molar-refractivity contribution < 1.29 is 33.3 Å². The first-order chi connectivity index (χ1) is 17.4. The molecule has 0 saturated heterocycles. The van der Waals surface area contributed by atoms with Crippen LogP contribution in [-0.4, -0.2) is 37.2 Å². The molecule has 1 aliphatic carbocycles. The van der Waals surface area contributed by atoms with E-state index in [0.717, 1.165) is 11.1 Å². The fourth-order valence-corrected chi connectivity index (χ4v) is 5.04. The number of benzene rings is 2. The number of halogens is 3. The van der Waals surface area contributed by atoms with Gasteiger partial charge in [0.05, 0.1) is 17.3 Å². The van der Waals surface area contributed by atoms with Crippen molar-refractivity contribution in [2.75, 3.05) is 5.32 Å². The zero-order chi connectivity index (χ0) is 27.1. The zero-order valence-electron chi connectivity index (χ0n) is 20.8. The average Bonchev–Trinajstić information content (AvgIpc) is 3.12. The molecule has 1 heterocycles. The third-order valence-electron chi connectivity index (χ3n) is 7.26. The number of anilines is 1. The molecule has 3 unspecified atom stereocenters. The largest absolute Gasteiger partial charge is 0.507 e. The van der Waals surface area contributed by atoms with Gasteiger partial charge in [-0.15, -0.1) is 0 Å². The molecule has 1 saturated carbocycles. The molecule has 3 aromatic rings. The van der Waals surface area contributed by atoms with E-state index in [1.165, 1.54) is 23.7 Å². The van der Waals surface area contributed by atoms with E-state index in [1.807, 2.05) is 19.9 Å². The number of nitrogens with one attached hydrogen (secondary N) is 1. The zero-order valence-corrected chi connectivity index (χ0v) is 20.8. The number of carboxylic acid groups (broad SMARTS) is 1. The molecule has 2 aromatic carbocycles. The van der Waals surface area contributed by atoms with Gasteiger partial charge in [0, 0.05) is 5.56 Å². The molecule has 4 N–H and O–H groups in total. The second-order valence-corrected chi connectivity index (χ2v) is 9.77. The van der Waals surface area contributed by atoms with Gasteiger partial charge in [-0.25, -0.2) is 0 Å². The third-order valence-corrected chi connectivity index (χ3v) is 7.26. The monoisotopic (exact) mass is 517 g/mol. The average molecular weight is 518 g/mol. The van der Waals surface area contributed by atoms with E-state index in [2.05, 4.69) is 10.4 Å². The lowest BCUT2D eigenvalue weighted by molar-refractivity contribution is -0.144. The predicted octanol–water partition coefficient (Wildman–Crippen LogP) is 6.28. The SMILES string of the molecule is Cc1ccc(-n2nc(C)c(NC(c3cccc(C4CCCC(C(=O)O)C4)c3O)C(F)(F)F)c2O)cc1C. The lowest BCUT2D eigenvalue weighted by atomic mass is 9.77. The van der Waals surface area contributed by atoms with Crippen molar-refractivity contribution in [3.63, 3.8) is 0 Å². The Labute approximate surface area is 212 Å². The van der Waals surface area contributed by atoms with Crippen molar-refractivity contribution in [3.05, 3.63) is 64.3 Å². The Morgan fingerprint density at radius 1 is 1.11 bits per heavy atom. The number of carboxylic acids is 1. The smallest absolute Gasteiger partial charge is 0.412 e. The van der Waals surface area contributed by atoms with Crippen LogP contribution in [0.3, 0.4) is 0 Å². The van der Waals surface area contributed by atoms with E-state index < -0.39 is 41.3 Å². The molecule has 37 heavy (non-hydrogen) atoms. The molecule has 1 aromatic heterocycles. The Morgan fingerprint density at radius 3 is 2.49 bits per heavy atom. The van der Waals surface area contributed by atoms with Crippen LogP contribution in [0.1, 0.15) is 65.6 Å². The molecule has 0 amide bonds. The normalized spacial score (nSPS) is 19.0. The number of hydrogen-bond donors (Lipinski definition) is 4. The predicted molar refractivity (Wildman–Crippen MR) is 132 cm³/mol. The number of para-hydroxylation sites is 1. The Morgan fingerprint density at radius 2 is 1.84 bits per heavy atom. The number of aliphatic carboxylic acids is 1. The van der Waals surface area contributed by atoms with Crippen LogP contribution in [0.2, 0.25) is 0 Å². The standard InChI is InChI=1S/C27H30F3N3O4/c1-14-10-11-19(12-15(14)2)33-25(35)22(16(3)32-33)31-24(27(28,29)30)21-9-5-8-20(23(21)34)17-6-4-7-18(13-17)26(36)37/h5,8-12,17-18,24,31,34-35H,4,6-7,13H2,1-3H3,(H,36,37). The summed E-state index contributed by atoms with van der Waals surface area (Å²) in [6.45, 7) is 5.28. The van der Waals surface area contributed by atoms with Gasteiger partial charge in [0.25, 0.3) is 0 Å². The Kier molecular flexibility index (Phi) is 7.12. The highest BCUT2D eigenvalue weighted by molar-refractivity contribution is 5.70. The highest BCUT2D eigenvalue weighted by atomic mass is 19.4. The van der Waals surface area contributed by atoms with Crippen molar-refractivity contribution in [1.29, 1.82) is 0 Å². The lowest BCUT2D eigenvalue weighted by Gasteiger charge is -2.29. The van der Waals surface area contributed by atoms with Crippen molar-refractivity contribution >= 4 is 11.7 Å². The number of hydrogen-bond acceptors (Lipinski definition) is 5. The minimum atomic E-state index is -4.83. The number of phenolic OH excluding ortho intramolecular Hbond substituents is 1. The van der Waals surface area contributed by atoms with E-state index in [-0.39, 0.29) is 23.7 Å². The first-order valence-corrected chi connectivity index (χ1v) is 12.1. The quantitative estimate of drug-likeness (QED) is 0.306. The molecule has 0 radical (unpaired) electrons. The molecule has 0 bridgehead atoms. The molecule has 1 fully saturated rings. The number of phenols is 1. The molecule has 7 nitrogen and oxygen atoms in total. The van der Waals surface area contributed by atoms with Crippen LogP contribution in [0, 0.1) is 26.7 Å². The number of aromatic hydroxyl groups is 2. The first kappa shape index (κ1) is 26.4. The summed E-state index contributed by atoms with van der Waals surface area (Å²) >= 11 is 0. The van der Waals surface area contributed by atoms with Crippen molar-refractivity contribution in [2.24, 2.45) is 5.92 Å². The maximum absolute atomic E-state index is 14.3. The Balaban J connectivity index is 1.71. The van der Waals surface area contributed by atoms with Gasteiger partial charge in [-0.3, -0.25) is 4.79 Å². The van der Waals surface area contributed by atoms with Crippen molar-refractivity contribution in [3.8, 4) is 17.3 Å². The summed E-state index contributed by atoms with van der Waals surface area (Å²) in [6, 6.07) is 7.13. The summed E-state index contributed by atoms with van der Waals surface area (Å²) in [5, 5.41) is 37.8. The number of rotatable bonds is 6. The number of carbonyl (C=O) groups is 1. The van der Waals surface area contributed by atoms with Crippen LogP contribution in [0.15, 0.2) is 36.4 Å². The number of aryl methyl sites for hydroxylation is 3. The fourth-order valence-electron chi connectivity index (χ4n) is 5.04. The van der Waals surface area contributed by atoms with E-state index in [1.54, 1.807) is 18.2 Å². The summed E-state index contributed by atoms with van der Waals surface area (Å²) in [5.74, 6) is -2.92. The second kappa shape index (κ2) is 9.99. The Bertz CT molecular complexity index is 1320. The summed E-state index contributed by atoms with van der Waals surface area (Å²) in [5.41, 5.74) is 2.29. The molecule has 10 heteroatoms. The van der Waals surface area contributed by atoms with Crippen LogP contribution in [0.4, 0.5) is 18.9 Å². The minimum absolute atomic E-state index is 0.150. The van der Waals surface area contributed by atoms with Gasteiger partial charge in [-0.05, 0) is 74.8 Å². The summed E-state index contributed by atoms with van der Waals surface area (Å²) in [7, 11) is 0. The number of alkyl halides is 3. The van der Waals surface area contributed by atoms with Crippen LogP contribution in [-0.2, 0) is 4.79 Å². The van der Waals surface area contributed by atoms with E-state index in [9.17, 15) is 33.3 Å². The van der Waals surface area contributed by atoms with Crippen molar-refractivity contribution in [1.82, 2.24) is 9.78 Å². The summed E-state index contributed by atoms with van der Waals surface area (Å²) in [6.07, 6.45) is -2.89. The highest BCUT2D eigenvalue weighted by Gasteiger charge is 2.44. The van der Waals surface area contributed by atoms with Gasteiger partial charge in [0.1, 0.15) is 11.4 Å². The molecule has 3 atom stereocenters. The van der Waals surface area contributed by atoms with E-state index in [0.29, 0.717) is 30.5 Å². The highest BCUT2D eigenvalue weighted by Crippen LogP contribution is 2.46. The van der Waals surface area contributed by atoms with Gasteiger partial charge in [0.2, 0.25) is 5.88 Å². The summed E-state index contributed by atoms with van der Waals surface area (Å²) < 4.78 is 44.2. The van der Waals surface area contributed by atoms with Crippen LogP contribution in [0.25, 0.3) is 5.69 Å². The van der Waals surface area contributed by atoms with Gasteiger partial charge in [0.15, 0.2) is 6.04 Å². The first-order valence-electron chi connectivity index (χ1n) is 12.1. The molecule has 0 spiro atoms. The van der Waals surface area contributed by atoms with Gasteiger partial charge in [-0.1, -0.05) is 30.7 Å². The van der Waals surface area contributed by atoms with Crippen LogP contribution in [0.5, 0.6) is 11.6 Å². The number of aromatic nitrogens is 2. The number of nitrogens with zero attached hydrogens (tertiary/aromatic N) is 2. The minimum Gasteiger partial charge on any atom is -0.507 e. The maximum Gasteiger partial charge on any atom is 0.412 e.